The summed E-state index contributed by atoms with van der Waals surface area (Å²) >= 11 is 1.51. The highest BCUT2D eigenvalue weighted by Gasteiger charge is 2.45. The van der Waals surface area contributed by atoms with Crippen LogP contribution in [0.4, 0.5) is 28.9 Å². The molecule has 10 heteroatoms. The fourth-order valence-corrected chi connectivity index (χ4v) is 4.35. The second-order valence-electron chi connectivity index (χ2n) is 7.66. The molecule has 3 aromatic carbocycles. The number of benzene rings is 3. The molecule has 1 aliphatic rings. The molecule has 0 bridgehead atoms. The SMILES string of the molecule is CSc1ccccc1-c1ccc(NC(=O)C2CC(C(F)(F)F)=NN2c2cccc(C#N)c2)c(F)c1. The molecule has 0 spiro atoms. The zero-order valence-electron chi connectivity index (χ0n) is 18.3. The van der Waals surface area contributed by atoms with Gasteiger partial charge in [-0.15, -0.1) is 11.8 Å². The largest absolute Gasteiger partial charge is 0.431 e. The number of hydrazone groups is 1. The quantitative estimate of drug-likeness (QED) is 0.335. The maximum absolute atomic E-state index is 14.9. The number of carbonyl (C=O) groups excluding carboxylic acids is 1. The van der Waals surface area contributed by atoms with Crippen molar-refractivity contribution in [3.05, 3.63) is 78.1 Å². The van der Waals surface area contributed by atoms with E-state index in [0.29, 0.717) is 5.56 Å². The van der Waals surface area contributed by atoms with E-state index in [4.69, 9.17) is 5.26 Å². The van der Waals surface area contributed by atoms with Crippen LogP contribution in [0.15, 0.2) is 76.7 Å². The van der Waals surface area contributed by atoms with Crippen LogP contribution in [0.1, 0.15) is 12.0 Å². The fraction of sp³-hybridized carbons (Fsp3) is 0.160. The van der Waals surface area contributed by atoms with Crippen LogP contribution >= 0.6 is 11.8 Å². The van der Waals surface area contributed by atoms with Crippen molar-refractivity contribution in [3.63, 3.8) is 0 Å². The van der Waals surface area contributed by atoms with E-state index in [1.165, 1.54) is 48.2 Å². The molecular weight excluding hydrogens is 480 g/mol. The van der Waals surface area contributed by atoms with Crippen LogP contribution in [0.3, 0.4) is 0 Å². The number of nitriles is 1. The molecule has 0 aromatic heterocycles. The minimum atomic E-state index is -4.74. The van der Waals surface area contributed by atoms with E-state index in [1.807, 2.05) is 36.6 Å². The highest BCUT2D eigenvalue weighted by molar-refractivity contribution is 7.98. The second-order valence-corrected chi connectivity index (χ2v) is 8.50. The van der Waals surface area contributed by atoms with Crippen molar-refractivity contribution in [1.29, 1.82) is 5.26 Å². The lowest BCUT2D eigenvalue weighted by Crippen LogP contribution is -2.39. The lowest BCUT2D eigenvalue weighted by atomic mass is 10.0. The number of halogens is 4. The van der Waals surface area contributed by atoms with Crippen molar-refractivity contribution in [2.24, 2.45) is 5.10 Å². The normalized spacial score (nSPS) is 15.5. The molecule has 1 unspecified atom stereocenters. The van der Waals surface area contributed by atoms with Gasteiger partial charge < -0.3 is 5.32 Å². The smallest absolute Gasteiger partial charge is 0.322 e. The van der Waals surface area contributed by atoms with Gasteiger partial charge in [0.05, 0.1) is 23.0 Å². The zero-order valence-corrected chi connectivity index (χ0v) is 19.1. The van der Waals surface area contributed by atoms with E-state index in [-0.39, 0.29) is 16.9 Å². The highest BCUT2D eigenvalue weighted by atomic mass is 32.2. The predicted octanol–water partition coefficient (Wildman–Crippen LogP) is 6.22. The van der Waals surface area contributed by atoms with E-state index in [1.54, 1.807) is 6.07 Å². The first-order valence-corrected chi connectivity index (χ1v) is 11.6. The molecule has 4 rings (SSSR count). The van der Waals surface area contributed by atoms with Crippen molar-refractivity contribution in [2.75, 3.05) is 16.6 Å². The van der Waals surface area contributed by atoms with Crippen LogP contribution in [0.5, 0.6) is 0 Å². The summed E-state index contributed by atoms with van der Waals surface area (Å²) in [6.07, 6.45) is -3.55. The molecule has 0 saturated heterocycles. The van der Waals surface area contributed by atoms with E-state index in [0.717, 1.165) is 15.5 Å². The van der Waals surface area contributed by atoms with Crippen LogP contribution in [0.2, 0.25) is 0 Å². The Hall–Kier alpha value is -3.84. The summed E-state index contributed by atoms with van der Waals surface area (Å²) in [5, 5.41) is 16.0. The third-order valence-corrected chi connectivity index (χ3v) is 6.22. The lowest BCUT2D eigenvalue weighted by molar-refractivity contribution is -0.117. The van der Waals surface area contributed by atoms with Gasteiger partial charge in [0.15, 0.2) is 0 Å². The third kappa shape index (κ3) is 5.15. The number of nitrogens with zero attached hydrogens (tertiary/aromatic N) is 3. The molecule has 1 N–H and O–H groups in total. The van der Waals surface area contributed by atoms with Gasteiger partial charge in [0.1, 0.15) is 17.6 Å². The summed E-state index contributed by atoms with van der Waals surface area (Å²) in [5.74, 6) is -1.58. The van der Waals surface area contributed by atoms with Crippen LogP contribution < -0.4 is 10.3 Å². The van der Waals surface area contributed by atoms with Gasteiger partial charge in [0.25, 0.3) is 0 Å². The van der Waals surface area contributed by atoms with Crippen molar-refractivity contribution < 1.29 is 22.4 Å². The Kier molecular flexibility index (Phi) is 6.80. The summed E-state index contributed by atoms with van der Waals surface area (Å²) in [6, 6.07) is 18.0. The minimum Gasteiger partial charge on any atom is -0.322 e. The molecule has 0 radical (unpaired) electrons. The Labute approximate surface area is 203 Å². The first kappa shape index (κ1) is 24.3. The Balaban J connectivity index is 1.61. The molecular formula is C25H18F4N4OS. The Morgan fingerprint density at radius 3 is 2.60 bits per heavy atom. The second kappa shape index (κ2) is 9.80. The van der Waals surface area contributed by atoms with Gasteiger partial charge in [-0.25, -0.2) is 4.39 Å². The standard InChI is InChI=1S/C25H18F4N4OS/c1-35-22-8-3-2-7-18(22)16-9-10-20(19(26)12-16)31-24(34)21-13-23(25(27,28)29)32-33(21)17-6-4-5-15(11-17)14-30/h2-12,21H,13H2,1H3,(H,31,34). The van der Waals surface area contributed by atoms with E-state index in [2.05, 4.69) is 10.4 Å². The third-order valence-electron chi connectivity index (χ3n) is 5.42. The summed E-state index contributed by atoms with van der Waals surface area (Å²) < 4.78 is 55.1. The van der Waals surface area contributed by atoms with Gasteiger partial charge in [0, 0.05) is 11.3 Å². The molecule has 1 aliphatic heterocycles. The molecule has 5 nitrogen and oxygen atoms in total. The van der Waals surface area contributed by atoms with Crippen LogP contribution in [0.25, 0.3) is 11.1 Å². The number of alkyl halides is 3. The van der Waals surface area contributed by atoms with E-state index >= 15 is 0 Å². The first-order valence-electron chi connectivity index (χ1n) is 10.4. The maximum atomic E-state index is 14.9. The van der Waals surface area contributed by atoms with Crippen molar-refractivity contribution in [2.45, 2.75) is 23.5 Å². The van der Waals surface area contributed by atoms with Crippen molar-refractivity contribution in [1.82, 2.24) is 0 Å². The van der Waals surface area contributed by atoms with Crippen molar-refractivity contribution >= 4 is 34.8 Å². The van der Waals surface area contributed by atoms with Gasteiger partial charge in [0.2, 0.25) is 5.91 Å². The number of amides is 1. The number of hydrogen-bond acceptors (Lipinski definition) is 5. The number of carbonyl (C=O) groups is 1. The molecule has 178 valence electrons. The van der Waals surface area contributed by atoms with E-state index in [9.17, 15) is 22.4 Å². The highest BCUT2D eigenvalue weighted by Crippen LogP contribution is 2.34. The number of hydrogen-bond donors (Lipinski definition) is 1. The topological polar surface area (TPSA) is 68.5 Å². The zero-order chi connectivity index (χ0) is 25.2. The monoisotopic (exact) mass is 498 g/mol. The Morgan fingerprint density at radius 1 is 1.14 bits per heavy atom. The Morgan fingerprint density at radius 2 is 1.91 bits per heavy atom. The van der Waals surface area contributed by atoms with Gasteiger partial charge in [-0.2, -0.15) is 23.5 Å². The predicted molar refractivity (Wildman–Crippen MR) is 128 cm³/mol. The van der Waals surface area contributed by atoms with Crippen LogP contribution in [-0.4, -0.2) is 30.1 Å². The number of rotatable bonds is 5. The molecule has 35 heavy (non-hydrogen) atoms. The molecule has 1 amide bonds. The average Bonchev–Trinajstić information content (AvgIpc) is 3.32. The van der Waals surface area contributed by atoms with Gasteiger partial charge >= 0.3 is 6.18 Å². The summed E-state index contributed by atoms with van der Waals surface area (Å²) in [5.41, 5.74) is 0.469. The number of thioether (sulfide) groups is 1. The molecule has 1 heterocycles. The van der Waals surface area contributed by atoms with Gasteiger partial charge in [-0.1, -0.05) is 30.3 Å². The van der Waals surface area contributed by atoms with Gasteiger partial charge in [-0.3, -0.25) is 9.80 Å². The summed E-state index contributed by atoms with van der Waals surface area (Å²) in [6.45, 7) is 0. The molecule has 0 fully saturated rings. The summed E-state index contributed by atoms with van der Waals surface area (Å²) in [7, 11) is 0. The van der Waals surface area contributed by atoms with Gasteiger partial charge in [-0.05, 0) is 53.8 Å². The van der Waals surface area contributed by atoms with E-state index < -0.39 is 36.1 Å². The molecule has 1 atom stereocenters. The molecule has 0 saturated carbocycles. The average molecular weight is 499 g/mol. The number of anilines is 2. The minimum absolute atomic E-state index is 0.146. The van der Waals surface area contributed by atoms with Crippen LogP contribution in [0, 0.1) is 17.1 Å². The van der Waals surface area contributed by atoms with Crippen LogP contribution in [-0.2, 0) is 4.79 Å². The molecule has 3 aromatic rings. The van der Waals surface area contributed by atoms with Crippen molar-refractivity contribution in [3.8, 4) is 17.2 Å². The number of nitrogens with one attached hydrogen (secondary N) is 1. The lowest BCUT2D eigenvalue weighted by Gasteiger charge is -2.23. The molecule has 0 aliphatic carbocycles. The fourth-order valence-electron chi connectivity index (χ4n) is 3.73. The Bertz CT molecular complexity index is 1350. The first-order chi connectivity index (χ1) is 16.7. The summed E-state index contributed by atoms with van der Waals surface area (Å²) in [4.78, 5) is 14.0. The maximum Gasteiger partial charge on any atom is 0.431 e.